The van der Waals surface area contributed by atoms with Gasteiger partial charge in [-0.2, -0.15) is 0 Å². The Morgan fingerprint density at radius 3 is 3.11 bits per heavy atom. The smallest absolute Gasteiger partial charge is 0.257 e. The molecule has 0 N–H and O–H groups in total. The SMILES string of the molecule is CCCCn1ccnc1C1CCCN(C(=O)c2cccc3cc(C)oc23)C1. The molecule has 1 atom stereocenters. The number of hydrogen-bond acceptors (Lipinski definition) is 3. The molecular weight excluding hydrogens is 338 g/mol. The van der Waals surface area contributed by atoms with E-state index in [-0.39, 0.29) is 5.91 Å². The number of fused-ring (bicyclic) bond motifs is 1. The Morgan fingerprint density at radius 1 is 1.37 bits per heavy atom. The highest BCUT2D eigenvalue weighted by atomic mass is 16.3. The number of nitrogens with zero attached hydrogens (tertiary/aromatic N) is 3. The summed E-state index contributed by atoms with van der Waals surface area (Å²) in [6.45, 7) is 6.64. The molecule has 27 heavy (non-hydrogen) atoms. The Labute approximate surface area is 160 Å². The highest BCUT2D eigenvalue weighted by Crippen LogP contribution is 2.29. The molecule has 1 aliphatic rings. The van der Waals surface area contributed by atoms with Crippen molar-refractivity contribution in [1.82, 2.24) is 14.5 Å². The Kier molecular flexibility index (Phi) is 5.01. The third kappa shape index (κ3) is 3.51. The zero-order valence-electron chi connectivity index (χ0n) is 16.1. The Hall–Kier alpha value is -2.56. The monoisotopic (exact) mass is 365 g/mol. The van der Waals surface area contributed by atoms with E-state index in [0.29, 0.717) is 17.1 Å². The van der Waals surface area contributed by atoms with E-state index in [1.165, 1.54) is 6.42 Å². The average Bonchev–Trinajstić information content (AvgIpc) is 3.31. The number of carbonyl (C=O) groups excluding carboxylic acids is 1. The number of piperidine rings is 1. The number of likely N-dealkylation sites (tertiary alicyclic amines) is 1. The van der Waals surface area contributed by atoms with E-state index < -0.39 is 0 Å². The van der Waals surface area contributed by atoms with Gasteiger partial charge in [0.2, 0.25) is 0 Å². The van der Waals surface area contributed by atoms with Crippen LogP contribution in [0.25, 0.3) is 11.0 Å². The van der Waals surface area contributed by atoms with E-state index in [9.17, 15) is 4.79 Å². The maximum atomic E-state index is 13.2. The van der Waals surface area contributed by atoms with Gasteiger partial charge in [0.25, 0.3) is 5.91 Å². The Bertz CT molecular complexity index is 940. The number of aryl methyl sites for hydroxylation is 2. The third-order valence-corrected chi connectivity index (χ3v) is 5.47. The van der Waals surface area contributed by atoms with Crippen LogP contribution in [0, 0.1) is 6.92 Å². The van der Waals surface area contributed by atoms with Gasteiger partial charge in [0.15, 0.2) is 0 Å². The molecule has 2 aromatic heterocycles. The van der Waals surface area contributed by atoms with Crippen LogP contribution in [0.3, 0.4) is 0 Å². The van der Waals surface area contributed by atoms with E-state index in [1.54, 1.807) is 0 Å². The number of unbranched alkanes of at least 4 members (excludes halogenated alkanes) is 1. The number of amides is 1. The molecule has 3 aromatic rings. The van der Waals surface area contributed by atoms with Crippen LogP contribution in [-0.4, -0.2) is 33.4 Å². The second-order valence-corrected chi connectivity index (χ2v) is 7.50. The molecule has 1 amide bonds. The predicted octanol–water partition coefficient (Wildman–Crippen LogP) is 4.76. The number of aromatic nitrogens is 2. The number of para-hydroxylation sites is 1. The van der Waals surface area contributed by atoms with Gasteiger partial charge in [-0.15, -0.1) is 0 Å². The van der Waals surface area contributed by atoms with Gasteiger partial charge in [0.1, 0.15) is 17.2 Å². The molecule has 1 aromatic carbocycles. The van der Waals surface area contributed by atoms with E-state index >= 15 is 0 Å². The summed E-state index contributed by atoms with van der Waals surface area (Å²) in [6, 6.07) is 7.78. The summed E-state index contributed by atoms with van der Waals surface area (Å²) in [5, 5.41) is 0.988. The van der Waals surface area contributed by atoms with Crippen molar-refractivity contribution in [1.29, 1.82) is 0 Å². The summed E-state index contributed by atoms with van der Waals surface area (Å²) in [5.41, 5.74) is 1.36. The lowest BCUT2D eigenvalue weighted by Gasteiger charge is -2.32. The van der Waals surface area contributed by atoms with Crippen LogP contribution in [0.1, 0.15) is 60.5 Å². The number of rotatable bonds is 5. The fraction of sp³-hybridized carbons (Fsp3) is 0.455. The molecule has 0 radical (unpaired) electrons. The zero-order valence-corrected chi connectivity index (χ0v) is 16.1. The summed E-state index contributed by atoms with van der Waals surface area (Å²) in [5.74, 6) is 2.31. The molecule has 1 aliphatic heterocycles. The highest BCUT2D eigenvalue weighted by Gasteiger charge is 2.29. The van der Waals surface area contributed by atoms with Crippen molar-refractivity contribution >= 4 is 16.9 Å². The molecule has 5 heteroatoms. The summed E-state index contributed by atoms with van der Waals surface area (Å²) >= 11 is 0. The first-order chi connectivity index (χ1) is 13.2. The van der Waals surface area contributed by atoms with Crippen molar-refractivity contribution in [2.24, 2.45) is 0 Å². The summed E-state index contributed by atoms with van der Waals surface area (Å²) in [7, 11) is 0. The number of benzene rings is 1. The molecule has 1 fully saturated rings. The first-order valence-corrected chi connectivity index (χ1v) is 9.97. The van der Waals surface area contributed by atoms with E-state index in [0.717, 1.165) is 55.9 Å². The molecule has 3 heterocycles. The number of hydrogen-bond donors (Lipinski definition) is 0. The summed E-state index contributed by atoms with van der Waals surface area (Å²) in [6.07, 6.45) is 8.36. The topological polar surface area (TPSA) is 51.3 Å². The fourth-order valence-electron chi connectivity index (χ4n) is 4.10. The predicted molar refractivity (Wildman–Crippen MR) is 106 cm³/mol. The molecule has 4 rings (SSSR count). The first kappa shape index (κ1) is 17.8. The quantitative estimate of drug-likeness (QED) is 0.655. The van der Waals surface area contributed by atoms with Gasteiger partial charge in [-0.3, -0.25) is 4.79 Å². The van der Waals surface area contributed by atoms with Crippen LogP contribution in [-0.2, 0) is 6.54 Å². The molecular formula is C22H27N3O2. The maximum absolute atomic E-state index is 13.2. The van der Waals surface area contributed by atoms with Gasteiger partial charge in [-0.1, -0.05) is 25.5 Å². The molecule has 1 unspecified atom stereocenters. The van der Waals surface area contributed by atoms with Crippen LogP contribution in [0.4, 0.5) is 0 Å². The summed E-state index contributed by atoms with van der Waals surface area (Å²) < 4.78 is 8.07. The van der Waals surface area contributed by atoms with Crippen molar-refractivity contribution in [3.8, 4) is 0 Å². The molecule has 0 aliphatic carbocycles. The lowest BCUT2D eigenvalue weighted by atomic mass is 9.96. The van der Waals surface area contributed by atoms with Crippen LogP contribution >= 0.6 is 0 Å². The lowest BCUT2D eigenvalue weighted by Crippen LogP contribution is -2.39. The van der Waals surface area contributed by atoms with E-state index in [2.05, 4.69) is 22.7 Å². The van der Waals surface area contributed by atoms with Gasteiger partial charge >= 0.3 is 0 Å². The van der Waals surface area contributed by atoms with Gasteiger partial charge < -0.3 is 13.9 Å². The normalized spacial score (nSPS) is 17.6. The van der Waals surface area contributed by atoms with Crippen LogP contribution in [0.5, 0.6) is 0 Å². The molecule has 0 saturated carbocycles. The Morgan fingerprint density at radius 2 is 2.26 bits per heavy atom. The molecule has 1 saturated heterocycles. The average molecular weight is 365 g/mol. The maximum Gasteiger partial charge on any atom is 0.257 e. The van der Waals surface area contributed by atoms with Crippen molar-refractivity contribution in [3.63, 3.8) is 0 Å². The molecule has 0 spiro atoms. The second-order valence-electron chi connectivity index (χ2n) is 7.50. The first-order valence-electron chi connectivity index (χ1n) is 9.97. The van der Waals surface area contributed by atoms with Gasteiger partial charge in [0, 0.05) is 43.3 Å². The van der Waals surface area contributed by atoms with Gasteiger partial charge in [0.05, 0.1) is 5.56 Å². The molecule has 0 bridgehead atoms. The second kappa shape index (κ2) is 7.59. The van der Waals surface area contributed by atoms with Crippen molar-refractivity contribution in [2.75, 3.05) is 13.1 Å². The number of carbonyl (C=O) groups is 1. The number of furan rings is 1. The fourth-order valence-corrected chi connectivity index (χ4v) is 4.10. The van der Waals surface area contributed by atoms with Crippen molar-refractivity contribution in [3.05, 3.63) is 53.8 Å². The number of imidazole rings is 1. The van der Waals surface area contributed by atoms with Gasteiger partial charge in [-0.05, 0) is 38.3 Å². The summed E-state index contributed by atoms with van der Waals surface area (Å²) in [4.78, 5) is 19.8. The van der Waals surface area contributed by atoms with Crippen molar-refractivity contribution in [2.45, 2.75) is 52.0 Å². The van der Waals surface area contributed by atoms with Crippen LogP contribution in [0.2, 0.25) is 0 Å². The standard InChI is InChI=1S/C22H27N3O2/c1-3-4-11-24-13-10-23-21(24)18-8-6-12-25(15-18)22(26)19-9-5-7-17-14-16(2)27-20(17)19/h5,7,9-10,13-14,18H,3-4,6,8,11-12,15H2,1-2H3. The largest absolute Gasteiger partial charge is 0.461 e. The van der Waals surface area contributed by atoms with E-state index in [4.69, 9.17) is 4.42 Å². The van der Waals surface area contributed by atoms with Crippen molar-refractivity contribution < 1.29 is 9.21 Å². The molecule has 142 valence electrons. The molecule has 5 nitrogen and oxygen atoms in total. The minimum absolute atomic E-state index is 0.0614. The minimum Gasteiger partial charge on any atom is -0.461 e. The zero-order chi connectivity index (χ0) is 18.8. The Balaban J connectivity index is 1.56. The van der Waals surface area contributed by atoms with Crippen LogP contribution < -0.4 is 0 Å². The lowest BCUT2D eigenvalue weighted by molar-refractivity contribution is 0.0704. The third-order valence-electron chi connectivity index (χ3n) is 5.47. The minimum atomic E-state index is 0.0614. The highest BCUT2D eigenvalue weighted by molar-refractivity contribution is 6.05. The van der Waals surface area contributed by atoms with Gasteiger partial charge in [-0.25, -0.2) is 4.98 Å². The van der Waals surface area contributed by atoms with Crippen LogP contribution in [0.15, 0.2) is 41.1 Å². The van der Waals surface area contributed by atoms with E-state index in [1.807, 2.05) is 42.3 Å².